The average Bonchev–Trinajstić information content (AvgIpc) is 3.04. The molecular formula is C17H16ClFN4O3. The maximum absolute atomic E-state index is 14.4. The number of halogens is 2. The molecule has 0 aliphatic carbocycles. The van der Waals surface area contributed by atoms with E-state index in [-0.39, 0.29) is 23.1 Å². The molecule has 136 valence electrons. The molecule has 0 aliphatic rings. The van der Waals surface area contributed by atoms with E-state index < -0.39 is 11.8 Å². The molecule has 0 spiro atoms. The van der Waals surface area contributed by atoms with E-state index in [1.165, 1.54) is 34.7 Å². The van der Waals surface area contributed by atoms with Crippen molar-refractivity contribution in [1.82, 2.24) is 14.6 Å². The van der Waals surface area contributed by atoms with Gasteiger partial charge in [0, 0.05) is 19.2 Å². The van der Waals surface area contributed by atoms with E-state index >= 15 is 0 Å². The summed E-state index contributed by atoms with van der Waals surface area (Å²) in [7, 11) is 3.09. The van der Waals surface area contributed by atoms with Crippen LogP contribution in [0.2, 0.25) is 5.15 Å². The van der Waals surface area contributed by atoms with Crippen LogP contribution in [-0.2, 0) is 4.74 Å². The Bertz CT molecular complexity index is 976. The summed E-state index contributed by atoms with van der Waals surface area (Å²) < 4.78 is 26.0. The quantitative estimate of drug-likeness (QED) is 0.500. The molecule has 2 heterocycles. The van der Waals surface area contributed by atoms with E-state index in [4.69, 9.17) is 21.1 Å². The summed E-state index contributed by atoms with van der Waals surface area (Å²) in [5.74, 6) is -0.317. The Hall–Kier alpha value is -2.87. The summed E-state index contributed by atoms with van der Waals surface area (Å²) in [5, 5.41) is 4.39. The van der Waals surface area contributed by atoms with Gasteiger partial charge >= 0.3 is 5.97 Å². The molecule has 0 N–H and O–H groups in total. The van der Waals surface area contributed by atoms with Crippen molar-refractivity contribution in [2.45, 2.75) is 6.92 Å². The number of benzene rings is 1. The molecule has 3 aromatic rings. The number of carbonyl (C=O) groups is 1. The van der Waals surface area contributed by atoms with E-state index in [1.807, 2.05) is 0 Å². The Kier molecular flexibility index (Phi) is 4.94. The lowest BCUT2D eigenvalue weighted by molar-refractivity contribution is 0.0519. The highest BCUT2D eigenvalue weighted by atomic mass is 35.5. The molecular weight excluding hydrogens is 363 g/mol. The van der Waals surface area contributed by atoms with Crippen molar-refractivity contribution >= 4 is 34.7 Å². The molecule has 9 heteroatoms. The standard InChI is InChI=1S/C17H16ClFN4O3/c1-4-26-17(24)11-8-14-20-13(18)9-15(23(14)21-11)22(2)16-10(19)6-5-7-12(16)25-3/h5-9H,4H2,1-3H3. The van der Waals surface area contributed by atoms with E-state index in [9.17, 15) is 9.18 Å². The third kappa shape index (κ3) is 3.15. The van der Waals surface area contributed by atoms with Crippen LogP contribution in [0.25, 0.3) is 5.65 Å². The number of carbonyl (C=O) groups excluding carboxylic acids is 1. The molecule has 0 amide bonds. The van der Waals surface area contributed by atoms with Crippen LogP contribution in [0.1, 0.15) is 17.4 Å². The van der Waals surface area contributed by atoms with Crippen molar-refractivity contribution < 1.29 is 18.7 Å². The van der Waals surface area contributed by atoms with Crippen molar-refractivity contribution in [2.24, 2.45) is 0 Å². The largest absolute Gasteiger partial charge is 0.494 e. The smallest absolute Gasteiger partial charge is 0.358 e. The Morgan fingerprint density at radius 3 is 2.85 bits per heavy atom. The van der Waals surface area contributed by atoms with Gasteiger partial charge < -0.3 is 14.4 Å². The predicted molar refractivity (Wildman–Crippen MR) is 95.0 cm³/mol. The number of anilines is 2. The monoisotopic (exact) mass is 378 g/mol. The Balaban J connectivity index is 2.17. The van der Waals surface area contributed by atoms with Gasteiger partial charge in [-0.1, -0.05) is 17.7 Å². The molecule has 0 saturated heterocycles. The minimum absolute atomic E-state index is 0.0803. The number of esters is 1. The number of methoxy groups -OCH3 is 1. The van der Waals surface area contributed by atoms with Crippen LogP contribution in [-0.4, -0.2) is 41.3 Å². The second kappa shape index (κ2) is 7.17. The van der Waals surface area contributed by atoms with Crippen LogP contribution >= 0.6 is 11.6 Å². The average molecular weight is 379 g/mol. The van der Waals surface area contributed by atoms with Gasteiger partial charge in [0.15, 0.2) is 17.2 Å². The minimum Gasteiger partial charge on any atom is -0.494 e. The maximum Gasteiger partial charge on any atom is 0.358 e. The first kappa shape index (κ1) is 17.9. The minimum atomic E-state index is -0.578. The lowest BCUT2D eigenvalue weighted by Crippen LogP contribution is -2.17. The Labute approximate surface area is 153 Å². The van der Waals surface area contributed by atoms with Crippen molar-refractivity contribution in [3.8, 4) is 5.75 Å². The first-order valence-electron chi connectivity index (χ1n) is 7.76. The third-order valence-corrected chi connectivity index (χ3v) is 3.90. The third-order valence-electron chi connectivity index (χ3n) is 3.71. The van der Waals surface area contributed by atoms with Gasteiger partial charge in [0.05, 0.1) is 13.7 Å². The highest BCUT2D eigenvalue weighted by Crippen LogP contribution is 2.35. The lowest BCUT2D eigenvalue weighted by Gasteiger charge is -2.22. The van der Waals surface area contributed by atoms with Crippen LogP contribution < -0.4 is 9.64 Å². The molecule has 0 unspecified atom stereocenters. The summed E-state index contributed by atoms with van der Waals surface area (Å²) in [4.78, 5) is 17.6. The topological polar surface area (TPSA) is 69.0 Å². The zero-order valence-electron chi connectivity index (χ0n) is 14.4. The van der Waals surface area contributed by atoms with Gasteiger partial charge in [0.1, 0.15) is 22.4 Å². The maximum atomic E-state index is 14.4. The normalized spacial score (nSPS) is 10.8. The van der Waals surface area contributed by atoms with Gasteiger partial charge in [-0.15, -0.1) is 0 Å². The highest BCUT2D eigenvalue weighted by Gasteiger charge is 2.21. The van der Waals surface area contributed by atoms with E-state index in [2.05, 4.69) is 10.1 Å². The van der Waals surface area contributed by atoms with Crippen LogP contribution in [0.15, 0.2) is 30.3 Å². The van der Waals surface area contributed by atoms with Gasteiger partial charge in [0.2, 0.25) is 0 Å². The fourth-order valence-electron chi connectivity index (χ4n) is 2.57. The van der Waals surface area contributed by atoms with E-state index in [0.717, 1.165) is 0 Å². The molecule has 0 radical (unpaired) electrons. The Morgan fingerprint density at radius 2 is 2.15 bits per heavy atom. The number of hydrogen-bond donors (Lipinski definition) is 0. The second-order valence-electron chi connectivity index (χ2n) is 5.31. The van der Waals surface area contributed by atoms with Crippen LogP contribution in [0.3, 0.4) is 0 Å². The molecule has 26 heavy (non-hydrogen) atoms. The van der Waals surface area contributed by atoms with Gasteiger partial charge in [-0.2, -0.15) is 9.61 Å². The van der Waals surface area contributed by atoms with Crippen LogP contribution in [0.4, 0.5) is 15.9 Å². The molecule has 0 saturated carbocycles. The molecule has 0 aliphatic heterocycles. The molecule has 0 fully saturated rings. The van der Waals surface area contributed by atoms with Gasteiger partial charge in [0.25, 0.3) is 0 Å². The molecule has 2 aromatic heterocycles. The second-order valence-corrected chi connectivity index (χ2v) is 5.69. The summed E-state index contributed by atoms with van der Waals surface area (Å²) in [5.41, 5.74) is 0.612. The van der Waals surface area contributed by atoms with Gasteiger partial charge in [-0.25, -0.2) is 14.2 Å². The number of nitrogens with zero attached hydrogens (tertiary/aromatic N) is 4. The number of ether oxygens (including phenoxy) is 2. The number of rotatable bonds is 5. The first-order chi connectivity index (χ1) is 12.5. The van der Waals surface area contributed by atoms with Gasteiger partial charge in [-0.3, -0.25) is 0 Å². The number of aromatic nitrogens is 3. The molecule has 0 bridgehead atoms. The first-order valence-corrected chi connectivity index (χ1v) is 8.13. The van der Waals surface area contributed by atoms with E-state index in [1.54, 1.807) is 26.1 Å². The van der Waals surface area contributed by atoms with Gasteiger partial charge in [-0.05, 0) is 19.1 Å². The fourth-order valence-corrected chi connectivity index (χ4v) is 2.76. The number of hydrogen-bond acceptors (Lipinski definition) is 6. The summed E-state index contributed by atoms with van der Waals surface area (Å²) in [6.45, 7) is 1.92. The number of para-hydroxylation sites is 1. The molecule has 1 aromatic carbocycles. The predicted octanol–water partition coefficient (Wildman–Crippen LogP) is 3.48. The Morgan fingerprint density at radius 1 is 1.38 bits per heavy atom. The fraction of sp³-hybridized carbons (Fsp3) is 0.235. The molecule has 7 nitrogen and oxygen atoms in total. The summed E-state index contributed by atoms with van der Waals surface area (Å²) in [6.07, 6.45) is 0. The summed E-state index contributed by atoms with van der Waals surface area (Å²) in [6, 6.07) is 7.49. The van der Waals surface area contributed by atoms with Crippen LogP contribution in [0, 0.1) is 5.82 Å². The molecule has 0 atom stereocenters. The zero-order chi connectivity index (χ0) is 18.8. The van der Waals surface area contributed by atoms with Crippen molar-refractivity contribution in [3.63, 3.8) is 0 Å². The van der Waals surface area contributed by atoms with Crippen LogP contribution in [0.5, 0.6) is 5.75 Å². The summed E-state index contributed by atoms with van der Waals surface area (Å²) >= 11 is 6.10. The molecule has 3 rings (SSSR count). The van der Waals surface area contributed by atoms with Crippen molar-refractivity contribution in [3.05, 3.63) is 47.0 Å². The van der Waals surface area contributed by atoms with E-state index in [0.29, 0.717) is 17.2 Å². The van der Waals surface area contributed by atoms with Crippen molar-refractivity contribution in [1.29, 1.82) is 0 Å². The zero-order valence-corrected chi connectivity index (χ0v) is 15.1. The highest BCUT2D eigenvalue weighted by molar-refractivity contribution is 6.29. The number of fused-ring (bicyclic) bond motifs is 1. The van der Waals surface area contributed by atoms with Crippen molar-refractivity contribution in [2.75, 3.05) is 25.7 Å². The lowest BCUT2D eigenvalue weighted by atomic mass is 10.2. The SMILES string of the molecule is CCOC(=O)c1cc2nc(Cl)cc(N(C)c3c(F)cccc3OC)n2n1.